The van der Waals surface area contributed by atoms with Gasteiger partial charge in [0.1, 0.15) is 0 Å². The molecular formula is C9H16N4OS2. The zero-order valence-corrected chi connectivity index (χ0v) is 11.2. The number of rotatable bonds is 5. The van der Waals surface area contributed by atoms with Crippen molar-refractivity contribution in [2.75, 3.05) is 31.3 Å². The fourth-order valence-electron chi connectivity index (χ4n) is 1.12. The summed E-state index contributed by atoms with van der Waals surface area (Å²) in [4.78, 5) is 13.0. The van der Waals surface area contributed by atoms with E-state index in [0.29, 0.717) is 0 Å². The number of hydrogen-bond donors (Lipinski definition) is 2. The van der Waals surface area contributed by atoms with Gasteiger partial charge in [0.25, 0.3) is 0 Å². The molecule has 1 aromatic rings. The van der Waals surface area contributed by atoms with E-state index in [0.717, 1.165) is 23.7 Å². The van der Waals surface area contributed by atoms with Crippen molar-refractivity contribution in [3.8, 4) is 0 Å². The average Bonchev–Trinajstić information content (AvgIpc) is 2.70. The molecule has 2 N–H and O–H groups in total. The summed E-state index contributed by atoms with van der Waals surface area (Å²) >= 11 is 2.86. The van der Waals surface area contributed by atoms with E-state index in [2.05, 4.69) is 19.3 Å². The van der Waals surface area contributed by atoms with Crippen LogP contribution in [0.4, 0.5) is 10.5 Å². The number of aromatic nitrogens is 1. The lowest BCUT2D eigenvalue weighted by molar-refractivity contribution is 0.248. The number of hydrogen-bond acceptors (Lipinski definition) is 5. The molecule has 0 aliphatic carbocycles. The van der Waals surface area contributed by atoms with Crippen molar-refractivity contribution in [1.29, 1.82) is 0 Å². The number of carbonyl (C=O) groups is 1. The Balaban J connectivity index is 2.23. The molecule has 5 nitrogen and oxygen atoms in total. The minimum absolute atomic E-state index is 0.166. The maximum Gasteiger partial charge on any atom is 0.324 e. The third kappa shape index (κ3) is 3.90. The quantitative estimate of drug-likeness (QED) is 0.622. The van der Waals surface area contributed by atoms with Gasteiger partial charge < -0.3 is 10.2 Å². The highest BCUT2D eigenvalue weighted by molar-refractivity contribution is 7.97. The van der Waals surface area contributed by atoms with E-state index in [9.17, 15) is 4.79 Å². The second-order valence-electron chi connectivity index (χ2n) is 3.24. The Morgan fingerprint density at radius 1 is 1.69 bits per heavy atom. The van der Waals surface area contributed by atoms with E-state index >= 15 is 0 Å². The second-order valence-corrected chi connectivity index (χ2v) is 4.77. The van der Waals surface area contributed by atoms with Crippen LogP contribution >= 0.6 is 23.5 Å². The molecule has 1 aromatic heterocycles. The number of anilines is 1. The van der Waals surface area contributed by atoms with E-state index in [-0.39, 0.29) is 6.03 Å². The van der Waals surface area contributed by atoms with Crippen LogP contribution in [-0.2, 0) is 0 Å². The van der Waals surface area contributed by atoms with Crippen LogP contribution in [0.25, 0.3) is 0 Å². The first-order valence-corrected chi connectivity index (χ1v) is 6.69. The van der Waals surface area contributed by atoms with Gasteiger partial charge in [0.2, 0.25) is 0 Å². The summed E-state index contributed by atoms with van der Waals surface area (Å²) in [5, 5.41) is 4.53. The van der Waals surface area contributed by atoms with Gasteiger partial charge in [-0.25, -0.2) is 4.79 Å². The molecule has 0 saturated carbocycles. The first-order chi connectivity index (χ1) is 7.65. The molecule has 0 aliphatic heterocycles. The molecule has 0 saturated heterocycles. The maximum absolute atomic E-state index is 10.9. The summed E-state index contributed by atoms with van der Waals surface area (Å²) < 4.78 is 6.90. The molecule has 7 heteroatoms. The molecule has 0 unspecified atom stereocenters. The highest BCUT2D eigenvalue weighted by Gasteiger charge is 2.06. The van der Waals surface area contributed by atoms with E-state index in [1.165, 1.54) is 23.5 Å². The highest BCUT2D eigenvalue weighted by atomic mass is 32.2. The van der Waals surface area contributed by atoms with Crippen LogP contribution in [0.2, 0.25) is 0 Å². The third-order valence-corrected chi connectivity index (χ3v) is 3.48. The number of amides is 2. The van der Waals surface area contributed by atoms with Crippen molar-refractivity contribution >= 4 is 35.2 Å². The first kappa shape index (κ1) is 13.1. The summed E-state index contributed by atoms with van der Waals surface area (Å²) in [6, 6.07) is -0.166. The maximum atomic E-state index is 10.9. The fourth-order valence-corrected chi connectivity index (χ4v) is 2.58. The Hall–Kier alpha value is -0.950. The zero-order chi connectivity index (χ0) is 12.0. The van der Waals surface area contributed by atoms with Crippen molar-refractivity contribution < 1.29 is 4.79 Å². The largest absolute Gasteiger partial charge is 0.372 e. The number of aryl methyl sites for hydroxylation is 1. The predicted molar refractivity (Wildman–Crippen MR) is 70.2 cm³/mol. The van der Waals surface area contributed by atoms with E-state index in [1.807, 2.05) is 19.4 Å². The number of nitrogens with zero attached hydrogens (tertiary/aromatic N) is 2. The summed E-state index contributed by atoms with van der Waals surface area (Å²) in [5.74, 6) is 0.833. The van der Waals surface area contributed by atoms with Crippen LogP contribution < -0.4 is 14.9 Å². The van der Waals surface area contributed by atoms with Crippen LogP contribution in [-0.4, -0.2) is 36.8 Å². The van der Waals surface area contributed by atoms with Crippen molar-refractivity contribution in [3.05, 3.63) is 11.1 Å². The Kier molecular flexibility index (Phi) is 5.41. The van der Waals surface area contributed by atoms with Crippen LogP contribution in [0.3, 0.4) is 0 Å². The van der Waals surface area contributed by atoms with E-state index < -0.39 is 0 Å². The van der Waals surface area contributed by atoms with E-state index in [1.54, 1.807) is 7.05 Å². The molecule has 1 heterocycles. The molecule has 2 amide bonds. The topological polar surface area (TPSA) is 57.3 Å². The van der Waals surface area contributed by atoms with Crippen LogP contribution in [0.5, 0.6) is 0 Å². The van der Waals surface area contributed by atoms with Gasteiger partial charge in [-0.3, -0.25) is 4.72 Å². The lowest BCUT2D eigenvalue weighted by Gasteiger charge is -2.17. The lowest BCUT2D eigenvalue weighted by atomic mass is 10.4. The molecule has 0 aromatic carbocycles. The zero-order valence-electron chi connectivity index (χ0n) is 9.61. The lowest BCUT2D eigenvalue weighted by Crippen LogP contribution is -2.29. The third-order valence-electron chi connectivity index (χ3n) is 2.06. The number of nitrogens with one attached hydrogen (secondary N) is 2. The average molecular weight is 260 g/mol. The molecule has 0 bridgehead atoms. The summed E-state index contributed by atoms with van der Waals surface area (Å²) in [7, 11) is 3.62. The molecule has 16 heavy (non-hydrogen) atoms. The summed E-state index contributed by atoms with van der Waals surface area (Å²) in [5.41, 5.74) is 2.21. The summed E-state index contributed by atoms with van der Waals surface area (Å²) in [6.07, 6.45) is 0. The molecule has 0 radical (unpaired) electrons. The van der Waals surface area contributed by atoms with Gasteiger partial charge in [0.15, 0.2) is 0 Å². The van der Waals surface area contributed by atoms with E-state index in [4.69, 9.17) is 0 Å². The van der Waals surface area contributed by atoms with Crippen LogP contribution in [0.15, 0.2) is 5.38 Å². The molecule has 0 spiro atoms. The van der Waals surface area contributed by atoms with Crippen molar-refractivity contribution in [1.82, 2.24) is 14.4 Å². The van der Waals surface area contributed by atoms with Crippen molar-refractivity contribution in [3.63, 3.8) is 0 Å². The molecule has 0 atom stereocenters. The van der Waals surface area contributed by atoms with Gasteiger partial charge in [-0.1, -0.05) is 0 Å². The number of carbonyl (C=O) groups excluding carboxylic acids is 1. The fraction of sp³-hybridized carbons (Fsp3) is 0.556. The Morgan fingerprint density at radius 3 is 3.00 bits per heavy atom. The Bertz CT molecular complexity index is 342. The number of urea groups is 1. The molecule has 1 rings (SSSR count). The van der Waals surface area contributed by atoms with Gasteiger partial charge in [0.05, 0.1) is 11.4 Å². The second kappa shape index (κ2) is 6.59. The van der Waals surface area contributed by atoms with Crippen LogP contribution in [0, 0.1) is 6.92 Å². The van der Waals surface area contributed by atoms with Crippen LogP contribution in [0.1, 0.15) is 5.69 Å². The minimum Gasteiger partial charge on any atom is -0.372 e. The highest BCUT2D eigenvalue weighted by Crippen LogP contribution is 2.19. The molecule has 0 aliphatic rings. The monoisotopic (exact) mass is 260 g/mol. The minimum atomic E-state index is -0.166. The van der Waals surface area contributed by atoms with Crippen molar-refractivity contribution in [2.45, 2.75) is 6.92 Å². The first-order valence-electron chi connectivity index (χ1n) is 4.86. The normalized spacial score (nSPS) is 9.94. The summed E-state index contributed by atoms with van der Waals surface area (Å²) in [6.45, 7) is 2.87. The van der Waals surface area contributed by atoms with Gasteiger partial charge in [-0.05, 0) is 30.4 Å². The molecular weight excluding hydrogens is 244 g/mol. The molecule has 90 valence electrons. The van der Waals surface area contributed by atoms with Gasteiger partial charge in [-0.2, -0.15) is 4.37 Å². The Labute approximate surface area is 104 Å². The van der Waals surface area contributed by atoms with Gasteiger partial charge in [0, 0.05) is 31.8 Å². The standard InChI is InChI=1S/C9H16N4OS2/c1-7-8(6-16-11-7)13(3)4-5-15-12-9(14)10-2/h6H,4-5H2,1-3H3,(H2,10,12,14). The Morgan fingerprint density at radius 2 is 2.44 bits per heavy atom. The smallest absolute Gasteiger partial charge is 0.324 e. The molecule has 0 fully saturated rings. The van der Waals surface area contributed by atoms with Crippen molar-refractivity contribution in [2.24, 2.45) is 0 Å². The van der Waals surface area contributed by atoms with Gasteiger partial charge >= 0.3 is 6.03 Å². The predicted octanol–water partition coefficient (Wildman–Crippen LogP) is 1.46. The SMILES string of the molecule is CNC(=O)NSCCN(C)c1csnc1C. The van der Waals surface area contributed by atoms with Gasteiger partial charge in [-0.15, -0.1) is 0 Å².